The molecule has 2 aromatic carbocycles. The van der Waals surface area contributed by atoms with Gasteiger partial charge in [0, 0.05) is 30.2 Å². The monoisotopic (exact) mass is 280 g/mol. The summed E-state index contributed by atoms with van der Waals surface area (Å²) in [5.41, 5.74) is 0.0297. The van der Waals surface area contributed by atoms with Crippen molar-refractivity contribution in [2.45, 2.75) is 0 Å². The lowest BCUT2D eigenvalue weighted by molar-refractivity contribution is 1.74. The summed E-state index contributed by atoms with van der Waals surface area (Å²) in [6.07, 6.45) is 0. The van der Waals surface area contributed by atoms with Crippen LogP contribution >= 0.6 is 34.5 Å². The van der Waals surface area contributed by atoms with E-state index < -0.39 is 0 Å². The van der Waals surface area contributed by atoms with Crippen LogP contribution in [0.15, 0.2) is 41.2 Å². The van der Waals surface area contributed by atoms with Crippen LogP contribution in [0.5, 0.6) is 0 Å². The summed E-state index contributed by atoms with van der Waals surface area (Å²) in [6, 6.07) is 10.6. The van der Waals surface area contributed by atoms with Crippen LogP contribution in [-0.4, -0.2) is 0 Å². The van der Waals surface area contributed by atoms with E-state index in [1.807, 2.05) is 12.1 Å². The fourth-order valence-corrected chi connectivity index (χ4v) is 3.42. The third-order valence-electron chi connectivity index (χ3n) is 2.60. The molecule has 0 radical (unpaired) electrons. The predicted molar refractivity (Wildman–Crippen MR) is 75.6 cm³/mol. The summed E-state index contributed by atoms with van der Waals surface area (Å²) in [5.74, 6) is 0. The highest BCUT2D eigenvalue weighted by Crippen LogP contribution is 2.28. The number of fused-ring (bicyclic) bond motifs is 2. The molecular weight excluding hydrogens is 275 g/mol. The van der Waals surface area contributed by atoms with Gasteiger partial charge in [-0.3, -0.25) is 4.79 Å². The van der Waals surface area contributed by atoms with Gasteiger partial charge < -0.3 is 0 Å². The van der Waals surface area contributed by atoms with Crippen LogP contribution in [0.3, 0.4) is 0 Å². The maximum atomic E-state index is 12.2. The molecule has 0 saturated heterocycles. The van der Waals surface area contributed by atoms with Crippen LogP contribution in [0.25, 0.3) is 20.2 Å². The van der Waals surface area contributed by atoms with Gasteiger partial charge in [0.1, 0.15) is 0 Å². The molecule has 0 saturated carbocycles. The first-order valence-electron chi connectivity index (χ1n) is 4.97. The van der Waals surface area contributed by atoms with Gasteiger partial charge in [0.2, 0.25) is 0 Å². The topological polar surface area (TPSA) is 17.1 Å². The van der Waals surface area contributed by atoms with Gasteiger partial charge in [-0.05, 0) is 36.4 Å². The molecule has 0 aliphatic carbocycles. The molecular formula is C13H6Cl2OS. The lowest BCUT2D eigenvalue weighted by Crippen LogP contribution is -2.00. The Morgan fingerprint density at radius 2 is 1.29 bits per heavy atom. The van der Waals surface area contributed by atoms with Crippen LogP contribution in [0.4, 0.5) is 0 Å². The first kappa shape index (κ1) is 11.0. The second kappa shape index (κ2) is 3.98. The number of benzene rings is 2. The first-order chi connectivity index (χ1) is 8.15. The molecule has 0 aliphatic heterocycles. The van der Waals surface area contributed by atoms with E-state index in [4.69, 9.17) is 23.2 Å². The van der Waals surface area contributed by atoms with E-state index in [2.05, 4.69) is 0 Å². The Hall–Kier alpha value is -1.09. The van der Waals surface area contributed by atoms with Crippen molar-refractivity contribution in [2.24, 2.45) is 0 Å². The average Bonchev–Trinajstić information content (AvgIpc) is 2.28. The normalized spacial score (nSPS) is 11.2. The third-order valence-corrected chi connectivity index (χ3v) is 4.18. The number of hydrogen-bond donors (Lipinski definition) is 0. The Morgan fingerprint density at radius 3 is 1.76 bits per heavy atom. The van der Waals surface area contributed by atoms with Gasteiger partial charge in [0.15, 0.2) is 5.43 Å². The fourth-order valence-electron chi connectivity index (χ4n) is 1.80. The van der Waals surface area contributed by atoms with Gasteiger partial charge in [-0.2, -0.15) is 0 Å². The maximum absolute atomic E-state index is 12.2. The van der Waals surface area contributed by atoms with Crippen molar-refractivity contribution in [3.05, 3.63) is 56.7 Å². The Labute approximate surface area is 111 Å². The Kier molecular flexibility index (Phi) is 2.58. The molecule has 0 N–H and O–H groups in total. The molecule has 0 bridgehead atoms. The van der Waals surface area contributed by atoms with E-state index in [1.165, 1.54) is 11.3 Å². The molecule has 1 heterocycles. The van der Waals surface area contributed by atoms with Crippen molar-refractivity contribution >= 4 is 54.7 Å². The second-order valence-corrected chi connectivity index (χ2v) is 5.67. The number of halogens is 2. The number of rotatable bonds is 0. The third kappa shape index (κ3) is 1.82. The zero-order valence-electron chi connectivity index (χ0n) is 8.54. The molecule has 4 heteroatoms. The molecule has 1 aromatic heterocycles. The minimum Gasteiger partial charge on any atom is -0.289 e. The predicted octanol–water partition coefficient (Wildman–Crippen LogP) is 4.72. The molecule has 0 aliphatic rings. The molecule has 0 unspecified atom stereocenters. The highest BCUT2D eigenvalue weighted by molar-refractivity contribution is 7.24. The zero-order chi connectivity index (χ0) is 12.0. The smallest absolute Gasteiger partial charge is 0.195 e. The standard InChI is InChI=1S/C13H6Cl2OS/c14-7-1-3-9-11(5-7)17-12-6-8(15)2-4-10(12)13(9)16/h1-6H. The van der Waals surface area contributed by atoms with E-state index >= 15 is 0 Å². The summed E-state index contributed by atoms with van der Waals surface area (Å²) < 4.78 is 1.77. The van der Waals surface area contributed by atoms with Crippen LogP contribution in [0.1, 0.15) is 0 Å². The van der Waals surface area contributed by atoms with Gasteiger partial charge in [0.25, 0.3) is 0 Å². The van der Waals surface area contributed by atoms with E-state index in [-0.39, 0.29) is 5.43 Å². The summed E-state index contributed by atoms with van der Waals surface area (Å²) in [6.45, 7) is 0. The molecule has 84 valence electrons. The fraction of sp³-hybridized carbons (Fsp3) is 0. The average molecular weight is 281 g/mol. The Bertz CT molecular complexity index is 729. The van der Waals surface area contributed by atoms with E-state index in [1.54, 1.807) is 24.3 Å². The molecule has 0 atom stereocenters. The molecule has 17 heavy (non-hydrogen) atoms. The minimum atomic E-state index is 0.0297. The zero-order valence-corrected chi connectivity index (χ0v) is 10.9. The molecule has 0 amide bonds. The van der Waals surface area contributed by atoms with Crippen molar-refractivity contribution in [1.82, 2.24) is 0 Å². The summed E-state index contributed by atoms with van der Waals surface area (Å²) in [4.78, 5) is 12.2. The van der Waals surface area contributed by atoms with E-state index in [9.17, 15) is 4.79 Å². The molecule has 3 aromatic rings. The van der Waals surface area contributed by atoms with Gasteiger partial charge in [-0.25, -0.2) is 0 Å². The quantitative estimate of drug-likeness (QED) is 0.545. The maximum Gasteiger partial charge on any atom is 0.195 e. The lowest BCUT2D eigenvalue weighted by atomic mass is 10.2. The highest BCUT2D eigenvalue weighted by Gasteiger charge is 2.06. The first-order valence-corrected chi connectivity index (χ1v) is 6.54. The Balaban J connectivity index is 2.57. The summed E-state index contributed by atoms with van der Waals surface area (Å²) in [7, 11) is 0. The highest BCUT2D eigenvalue weighted by atomic mass is 35.5. The lowest BCUT2D eigenvalue weighted by Gasteiger charge is -2.01. The van der Waals surface area contributed by atoms with Crippen molar-refractivity contribution < 1.29 is 0 Å². The van der Waals surface area contributed by atoms with Crippen molar-refractivity contribution in [2.75, 3.05) is 0 Å². The van der Waals surface area contributed by atoms with Crippen molar-refractivity contribution in [3.63, 3.8) is 0 Å². The van der Waals surface area contributed by atoms with Crippen LogP contribution in [0.2, 0.25) is 10.0 Å². The van der Waals surface area contributed by atoms with Gasteiger partial charge in [0.05, 0.1) is 0 Å². The van der Waals surface area contributed by atoms with Gasteiger partial charge in [-0.1, -0.05) is 23.2 Å². The van der Waals surface area contributed by atoms with Gasteiger partial charge >= 0.3 is 0 Å². The second-order valence-electron chi connectivity index (χ2n) is 3.71. The van der Waals surface area contributed by atoms with Crippen molar-refractivity contribution in [1.29, 1.82) is 0 Å². The SMILES string of the molecule is O=c1c2ccc(Cl)cc2sc2cc(Cl)ccc12. The Morgan fingerprint density at radius 1 is 0.824 bits per heavy atom. The molecule has 0 spiro atoms. The van der Waals surface area contributed by atoms with Crippen LogP contribution in [-0.2, 0) is 0 Å². The number of hydrogen-bond acceptors (Lipinski definition) is 2. The molecule has 1 nitrogen and oxygen atoms in total. The molecule has 0 fully saturated rings. The van der Waals surface area contributed by atoms with E-state index in [0.29, 0.717) is 20.8 Å². The largest absolute Gasteiger partial charge is 0.289 e. The van der Waals surface area contributed by atoms with Crippen LogP contribution < -0.4 is 5.43 Å². The van der Waals surface area contributed by atoms with Crippen molar-refractivity contribution in [3.8, 4) is 0 Å². The summed E-state index contributed by atoms with van der Waals surface area (Å²) in [5, 5.41) is 2.67. The summed E-state index contributed by atoms with van der Waals surface area (Å²) >= 11 is 13.4. The van der Waals surface area contributed by atoms with Gasteiger partial charge in [-0.15, -0.1) is 11.3 Å². The molecule has 3 rings (SSSR count). The van der Waals surface area contributed by atoms with E-state index in [0.717, 1.165) is 9.40 Å². The minimum absolute atomic E-state index is 0.0297. The van der Waals surface area contributed by atoms with Crippen LogP contribution in [0, 0.1) is 0 Å².